The molecule has 0 fully saturated rings. The first-order valence-corrected chi connectivity index (χ1v) is 7.20. The highest BCUT2D eigenvalue weighted by Crippen LogP contribution is 2.13. The second-order valence-corrected chi connectivity index (χ2v) is 5.22. The highest BCUT2D eigenvalue weighted by molar-refractivity contribution is 7.99. The van der Waals surface area contributed by atoms with Crippen LogP contribution in [0.25, 0.3) is 0 Å². The maximum Gasteiger partial charge on any atom is 0.158 e. The zero-order valence-electron chi connectivity index (χ0n) is 10.4. The SMILES string of the molecule is CCOCc1nc(Cl)cc(NCC(C)SC)n1. The van der Waals surface area contributed by atoms with E-state index in [1.165, 1.54) is 0 Å². The molecule has 1 heterocycles. The fraction of sp³-hybridized carbons (Fsp3) is 0.636. The molecule has 96 valence electrons. The van der Waals surface area contributed by atoms with Crippen molar-refractivity contribution in [2.24, 2.45) is 0 Å². The van der Waals surface area contributed by atoms with Gasteiger partial charge in [-0.25, -0.2) is 9.97 Å². The van der Waals surface area contributed by atoms with Crippen LogP contribution in [0.5, 0.6) is 0 Å². The van der Waals surface area contributed by atoms with E-state index < -0.39 is 0 Å². The van der Waals surface area contributed by atoms with Crippen LogP contribution < -0.4 is 5.32 Å². The van der Waals surface area contributed by atoms with Gasteiger partial charge in [-0.3, -0.25) is 0 Å². The molecule has 1 aromatic rings. The van der Waals surface area contributed by atoms with Crippen molar-refractivity contribution in [1.29, 1.82) is 0 Å². The number of halogens is 1. The van der Waals surface area contributed by atoms with Crippen LogP contribution in [0.2, 0.25) is 5.15 Å². The third kappa shape index (κ3) is 5.57. The lowest BCUT2D eigenvalue weighted by Gasteiger charge is -2.11. The molecule has 4 nitrogen and oxygen atoms in total. The van der Waals surface area contributed by atoms with Gasteiger partial charge in [-0.2, -0.15) is 11.8 Å². The van der Waals surface area contributed by atoms with E-state index in [4.69, 9.17) is 16.3 Å². The van der Waals surface area contributed by atoms with Crippen LogP contribution in [-0.4, -0.2) is 34.6 Å². The van der Waals surface area contributed by atoms with Gasteiger partial charge < -0.3 is 10.1 Å². The summed E-state index contributed by atoms with van der Waals surface area (Å²) in [6.45, 7) is 5.97. The molecule has 0 aromatic carbocycles. The Hall–Kier alpha value is -0.520. The molecule has 1 aromatic heterocycles. The summed E-state index contributed by atoms with van der Waals surface area (Å²) >= 11 is 7.73. The molecule has 0 aliphatic carbocycles. The lowest BCUT2D eigenvalue weighted by atomic mass is 10.4. The Kier molecular flexibility index (Phi) is 6.62. The smallest absolute Gasteiger partial charge is 0.158 e. The number of hydrogen-bond acceptors (Lipinski definition) is 5. The van der Waals surface area contributed by atoms with Crippen molar-refractivity contribution in [3.63, 3.8) is 0 Å². The first kappa shape index (κ1) is 14.5. The van der Waals surface area contributed by atoms with Crippen molar-refractivity contribution in [3.05, 3.63) is 17.0 Å². The maximum absolute atomic E-state index is 5.93. The van der Waals surface area contributed by atoms with Crippen molar-refractivity contribution in [2.75, 3.05) is 24.7 Å². The number of rotatable bonds is 7. The minimum atomic E-state index is 0.393. The van der Waals surface area contributed by atoms with Crippen LogP contribution >= 0.6 is 23.4 Å². The summed E-state index contributed by atoms with van der Waals surface area (Å²) in [6, 6.07) is 1.73. The van der Waals surface area contributed by atoms with Gasteiger partial charge in [0, 0.05) is 24.5 Å². The van der Waals surface area contributed by atoms with Gasteiger partial charge in [0.05, 0.1) is 0 Å². The quantitative estimate of drug-likeness (QED) is 0.776. The zero-order valence-corrected chi connectivity index (χ0v) is 11.9. The summed E-state index contributed by atoms with van der Waals surface area (Å²) < 4.78 is 5.26. The maximum atomic E-state index is 5.93. The van der Waals surface area contributed by atoms with E-state index in [1.54, 1.807) is 17.8 Å². The van der Waals surface area contributed by atoms with Crippen LogP contribution in [0, 0.1) is 0 Å². The number of aromatic nitrogens is 2. The fourth-order valence-corrected chi connectivity index (χ4v) is 1.60. The normalized spacial score (nSPS) is 12.5. The number of nitrogens with zero attached hydrogens (tertiary/aromatic N) is 2. The van der Waals surface area contributed by atoms with E-state index in [0.29, 0.717) is 29.4 Å². The van der Waals surface area contributed by atoms with Gasteiger partial charge >= 0.3 is 0 Å². The molecular weight excluding hydrogens is 258 g/mol. The van der Waals surface area contributed by atoms with Crippen molar-refractivity contribution in [3.8, 4) is 0 Å². The Morgan fingerprint density at radius 2 is 2.29 bits per heavy atom. The van der Waals surface area contributed by atoms with Gasteiger partial charge in [0.15, 0.2) is 5.82 Å². The number of ether oxygens (including phenoxy) is 1. The summed E-state index contributed by atoms with van der Waals surface area (Å²) in [5.74, 6) is 1.36. The number of hydrogen-bond donors (Lipinski definition) is 1. The summed E-state index contributed by atoms with van der Waals surface area (Å²) in [7, 11) is 0. The van der Waals surface area contributed by atoms with Gasteiger partial charge in [0.1, 0.15) is 17.6 Å². The molecule has 1 N–H and O–H groups in total. The molecule has 0 spiro atoms. The molecule has 1 unspecified atom stereocenters. The largest absolute Gasteiger partial charge is 0.374 e. The molecule has 0 amide bonds. The van der Waals surface area contributed by atoms with Crippen LogP contribution in [0.4, 0.5) is 5.82 Å². The summed E-state index contributed by atoms with van der Waals surface area (Å²) in [5.41, 5.74) is 0. The van der Waals surface area contributed by atoms with Crippen molar-refractivity contribution in [2.45, 2.75) is 25.7 Å². The Morgan fingerprint density at radius 3 is 2.94 bits per heavy atom. The molecule has 6 heteroatoms. The molecule has 0 bridgehead atoms. The first-order valence-electron chi connectivity index (χ1n) is 5.53. The first-order chi connectivity index (χ1) is 8.15. The Labute approximate surface area is 112 Å². The lowest BCUT2D eigenvalue weighted by molar-refractivity contribution is 0.128. The van der Waals surface area contributed by atoms with Crippen molar-refractivity contribution >= 4 is 29.2 Å². The van der Waals surface area contributed by atoms with Crippen LogP contribution in [0.3, 0.4) is 0 Å². The Bertz CT molecular complexity index is 351. The molecule has 0 aliphatic heterocycles. The van der Waals surface area contributed by atoms with Crippen LogP contribution in [0.1, 0.15) is 19.7 Å². The van der Waals surface area contributed by atoms with E-state index >= 15 is 0 Å². The molecule has 0 saturated carbocycles. The molecule has 0 aliphatic rings. The van der Waals surface area contributed by atoms with Gasteiger partial charge in [0.25, 0.3) is 0 Å². The molecule has 0 saturated heterocycles. The van der Waals surface area contributed by atoms with Crippen LogP contribution in [-0.2, 0) is 11.3 Å². The predicted octanol–water partition coefficient (Wildman–Crippen LogP) is 2.83. The van der Waals surface area contributed by atoms with Crippen molar-refractivity contribution in [1.82, 2.24) is 9.97 Å². The summed E-state index contributed by atoms with van der Waals surface area (Å²) in [6.07, 6.45) is 2.08. The van der Waals surface area contributed by atoms with Gasteiger partial charge in [-0.05, 0) is 13.2 Å². The zero-order chi connectivity index (χ0) is 12.7. The minimum Gasteiger partial charge on any atom is -0.374 e. The van der Waals surface area contributed by atoms with Gasteiger partial charge in [0.2, 0.25) is 0 Å². The Balaban J connectivity index is 2.61. The van der Waals surface area contributed by atoms with E-state index in [-0.39, 0.29) is 0 Å². The van der Waals surface area contributed by atoms with Crippen LogP contribution in [0.15, 0.2) is 6.07 Å². The number of anilines is 1. The molecule has 0 radical (unpaired) electrons. The monoisotopic (exact) mass is 275 g/mol. The molecule has 17 heavy (non-hydrogen) atoms. The third-order valence-corrected chi connectivity index (χ3v) is 3.31. The number of thioether (sulfide) groups is 1. The number of nitrogens with one attached hydrogen (secondary N) is 1. The van der Waals surface area contributed by atoms with Gasteiger partial charge in [-0.15, -0.1) is 0 Å². The fourth-order valence-electron chi connectivity index (χ4n) is 1.14. The van der Waals surface area contributed by atoms with E-state index in [9.17, 15) is 0 Å². The summed E-state index contributed by atoms with van der Waals surface area (Å²) in [5, 5.41) is 4.21. The lowest BCUT2D eigenvalue weighted by Crippen LogP contribution is -2.14. The standard InChI is InChI=1S/C11H18ClN3OS/c1-4-16-7-11-14-9(12)5-10(15-11)13-6-8(2)17-3/h5,8H,4,6-7H2,1-3H3,(H,13,14,15). The third-order valence-electron chi connectivity index (χ3n) is 2.15. The topological polar surface area (TPSA) is 47.0 Å². The average Bonchev–Trinajstić information content (AvgIpc) is 2.32. The average molecular weight is 276 g/mol. The van der Waals surface area contributed by atoms with E-state index in [1.807, 2.05) is 6.92 Å². The molecule has 1 atom stereocenters. The second-order valence-electron chi connectivity index (χ2n) is 3.56. The highest BCUT2D eigenvalue weighted by atomic mass is 35.5. The van der Waals surface area contributed by atoms with Crippen molar-refractivity contribution < 1.29 is 4.74 Å². The second kappa shape index (κ2) is 7.74. The van der Waals surface area contributed by atoms with E-state index in [2.05, 4.69) is 28.5 Å². The molecule has 1 rings (SSSR count). The highest BCUT2D eigenvalue weighted by Gasteiger charge is 2.05. The van der Waals surface area contributed by atoms with Gasteiger partial charge in [-0.1, -0.05) is 18.5 Å². The minimum absolute atomic E-state index is 0.393. The predicted molar refractivity (Wildman–Crippen MR) is 73.8 cm³/mol. The molecular formula is C11H18ClN3OS. The Morgan fingerprint density at radius 1 is 1.53 bits per heavy atom. The van der Waals surface area contributed by atoms with E-state index in [0.717, 1.165) is 12.4 Å². The summed E-state index contributed by atoms with van der Waals surface area (Å²) in [4.78, 5) is 8.44.